The maximum Gasteiger partial charge on any atom is 0.142 e. The Hall–Kier alpha value is -3.64. The van der Waals surface area contributed by atoms with Gasteiger partial charge in [0.25, 0.3) is 0 Å². The van der Waals surface area contributed by atoms with Crippen LogP contribution < -0.4 is 0 Å². The Morgan fingerprint density at radius 1 is 0.848 bits per heavy atom. The molecule has 5 rings (SSSR count). The number of carbonyl (C=O) groups is 1. The summed E-state index contributed by atoms with van der Waals surface area (Å²) >= 11 is 1.42. The molecule has 0 fully saturated rings. The average molecular weight is 454 g/mol. The first-order chi connectivity index (χ1) is 16.0. The average Bonchev–Trinajstić information content (AvgIpc) is 3.31. The van der Waals surface area contributed by atoms with E-state index in [0.717, 1.165) is 38.4 Å². The fourth-order valence-electron chi connectivity index (χ4n) is 3.82. The number of nitrogens with zero attached hydrogens (tertiary/aromatic N) is 3. The third-order valence-corrected chi connectivity index (χ3v) is 6.54. The summed E-state index contributed by atoms with van der Waals surface area (Å²) in [6.45, 7) is 1.57. The van der Waals surface area contributed by atoms with Crippen molar-refractivity contribution in [1.82, 2.24) is 4.98 Å². The van der Waals surface area contributed by atoms with Crippen LogP contribution in [0, 0.1) is 5.82 Å². The molecule has 33 heavy (non-hydrogen) atoms. The minimum Gasteiger partial charge on any atom is -0.299 e. The van der Waals surface area contributed by atoms with Gasteiger partial charge in [0, 0.05) is 18.2 Å². The van der Waals surface area contributed by atoms with Gasteiger partial charge in [0.15, 0.2) is 0 Å². The van der Waals surface area contributed by atoms with Gasteiger partial charge in [-0.3, -0.25) is 9.78 Å². The third-order valence-electron chi connectivity index (χ3n) is 5.43. The van der Waals surface area contributed by atoms with Crippen LogP contribution in [-0.2, 0) is 4.79 Å². The van der Waals surface area contributed by atoms with Gasteiger partial charge < -0.3 is 0 Å². The molecule has 1 aliphatic heterocycles. The van der Waals surface area contributed by atoms with Crippen LogP contribution in [0.15, 0.2) is 89.3 Å². The van der Waals surface area contributed by atoms with Crippen molar-refractivity contribution in [1.29, 1.82) is 0 Å². The number of aromatic nitrogens is 1. The fourth-order valence-corrected chi connectivity index (χ4v) is 4.53. The molecular formula is C27H20FN3OS. The summed E-state index contributed by atoms with van der Waals surface area (Å²) in [5, 5.41) is 11.8. The lowest BCUT2D eigenvalue weighted by molar-refractivity contribution is -0.114. The number of rotatable bonds is 5. The zero-order valence-corrected chi connectivity index (χ0v) is 18.8. The largest absolute Gasteiger partial charge is 0.299 e. The molecule has 4 aromatic rings. The second-order valence-electron chi connectivity index (χ2n) is 7.96. The summed E-state index contributed by atoms with van der Waals surface area (Å²) in [5.41, 5.74) is 5.37. The van der Waals surface area contributed by atoms with Gasteiger partial charge in [0.05, 0.1) is 17.7 Å². The van der Waals surface area contributed by atoms with Crippen molar-refractivity contribution in [2.45, 2.75) is 13.3 Å². The molecule has 0 atom stereocenters. The van der Waals surface area contributed by atoms with Crippen LogP contribution in [0.2, 0.25) is 0 Å². The van der Waals surface area contributed by atoms with Crippen LogP contribution in [0.4, 0.5) is 4.39 Å². The molecule has 0 bridgehead atoms. The van der Waals surface area contributed by atoms with Gasteiger partial charge in [0.1, 0.15) is 16.6 Å². The summed E-state index contributed by atoms with van der Waals surface area (Å²) in [6, 6.07) is 22.2. The molecule has 2 heterocycles. The van der Waals surface area contributed by atoms with E-state index in [2.05, 4.69) is 51.6 Å². The van der Waals surface area contributed by atoms with Crippen molar-refractivity contribution in [3.63, 3.8) is 0 Å². The Morgan fingerprint density at radius 2 is 1.61 bits per heavy atom. The van der Waals surface area contributed by atoms with E-state index in [1.807, 2.05) is 24.3 Å². The van der Waals surface area contributed by atoms with Crippen molar-refractivity contribution >= 4 is 39.1 Å². The topological polar surface area (TPSA) is 54.7 Å². The van der Waals surface area contributed by atoms with E-state index in [4.69, 9.17) is 0 Å². The molecule has 162 valence electrons. The molecule has 0 radical (unpaired) electrons. The molecule has 0 saturated heterocycles. The zero-order chi connectivity index (χ0) is 22.8. The number of fused-ring (bicyclic) bond motifs is 1. The summed E-state index contributed by atoms with van der Waals surface area (Å²) < 4.78 is 13.9. The van der Waals surface area contributed by atoms with Crippen LogP contribution in [-0.4, -0.2) is 27.3 Å². The molecular weight excluding hydrogens is 433 g/mol. The van der Waals surface area contributed by atoms with E-state index in [9.17, 15) is 9.18 Å². The van der Waals surface area contributed by atoms with E-state index in [0.29, 0.717) is 17.7 Å². The number of halogens is 1. The number of benzene rings is 3. The zero-order valence-electron chi connectivity index (χ0n) is 18.0. The summed E-state index contributed by atoms with van der Waals surface area (Å²) in [5.74, 6) is 0.115. The van der Waals surface area contributed by atoms with Gasteiger partial charge in [-0.15, -0.1) is 16.9 Å². The quantitative estimate of drug-likeness (QED) is 0.345. The van der Waals surface area contributed by atoms with Crippen molar-refractivity contribution in [3.05, 3.63) is 90.5 Å². The van der Waals surface area contributed by atoms with Crippen molar-refractivity contribution < 1.29 is 9.18 Å². The molecule has 0 amide bonds. The van der Waals surface area contributed by atoms with Gasteiger partial charge in [-0.05, 0) is 70.3 Å². The van der Waals surface area contributed by atoms with Crippen molar-refractivity contribution in [2.24, 2.45) is 10.2 Å². The summed E-state index contributed by atoms with van der Waals surface area (Å²) in [4.78, 5) is 15.3. The van der Waals surface area contributed by atoms with Crippen molar-refractivity contribution in [2.75, 3.05) is 5.75 Å². The van der Waals surface area contributed by atoms with Crippen LogP contribution in [0.1, 0.15) is 18.9 Å². The van der Waals surface area contributed by atoms with Gasteiger partial charge in [-0.2, -0.15) is 5.10 Å². The monoisotopic (exact) mass is 453 g/mol. The number of carbonyl (C=O) groups excluding carboxylic acids is 1. The van der Waals surface area contributed by atoms with Crippen LogP contribution in [0.3, 0.4) is 0 Å². The normalized spacial score (nSPS) is 13.2. The number of hydrogen-bond acceptors (Lipinski definition) is 5. The first-order valence-corrected chi connectivity index (χ1v) is 11.5. The lowest BCUT2D eigenvalue weighted by Gasteiger charge is -2.11. The first kappa shape index (κ1) is 21.2. The van der Waals surface area contributed by atoms with E-state index >= 15 is 0 Å². The highest BCUT2D eigenvalue weighted by Crippen LogP contribution is 2.32. The number of hydrogen-bond donors (Lipinski definition) is 0. The highest BCUT2D eigenvalue weighted by atomic mass is 32.2. The molecule has 0 saturated carbocycles. The Bertz CT molecular complexity index is 1440. The maximum absolute atomic E-state index is 13.9. The molecule has 6 heteroatoms. The SMILES string of the molecule is CC(=O)CSC1=NN=C(c2cc(-c3cncc(F)c3)cc(-c3ccc4ccccc4c3)c2)C1. The Balaban J connectivity index is 1.56. The van der Waals surface area contributed by atoms with E-state index in [-0.39, 0.29) is 11.6 Å². The highest BCUT2D eigenvalue weighted by molar-refractivity contribution is 8.14. The van der Waals surface area contributed by atoms with E-state index in [1.165, 1.54) is 29.4 Å². The molecule has 0 unspecified atom stereocenters. The van der Waals surface area contributed by atoms with Crippen LogP contribution >= 0.6 is 11.8 Å². The van der Waals surface area contributed by atoms with Crippen LogP contribution in [0.5, 0.6) is 0 Å². The lowest BCUT2D eigenvalue weighted by atomic mass is 9.93. The molecule has 3 aromatic carbocycles. The predicted octanol–water partition coefficient (Wildman–Crippen LogP) is 6.54. The predicted molar refractivity (Wildman–Crippen MR) is 134 cm³/mol. The second-order valence-corrected chi connectivity index (χ2v) is 9.01. The lowest BCUT2D eigenvalue weighted by Crippen LogP contribution is -2.04. The standard InChI is InChI=1S/C27H20FN3OS/c1-17(32)16-33-27-13-26(30-31-27)23-10-21(9-22(11-23)24-12-25(28)15-29-14-24)20-7-6-18-4-2-3-5-19(18)8-20/h2-12,14-15H,13,16H2,1H3. The van der Waals surface area contributed by atoms with E-state index in [1.54, 1.807) is 13.1 Å². The number of pyridine rings is 1. The number of Topliss-reactive ketones (excluding diaryl/α,β-unsaturated/α-hetero) is 1. The molecule has 4 nitrogen and oxygen atoms in total. The Kier molecular flexibility index (Phi) is 5.84. The van der Waals surface area contributed by atoms with Crippen molar-refractivity contribution in [3.8, 4) is 22.3 Å². The number of ketones is 1. The molecule has 0 spiro atoms. The Morgan fingerprint density at radius 3 is 2.39 bits per heavy atom. The van der Waals surface area contributed by atoms with Gasteiger partial charge in [0.2, 0.25) is 0 Å². The summed E-state index contributed by atoms with van der Waals surface area (Å²) in [6.07, 6.45) is 3.43. The minimum atomic E-state index is -0.380. The minimum absolute atomic E-state index is 0.107. The van der Waals surface area contributed by atoms with Gasteiger partial charge in [-0.1, -0.05) is 36.4 Å². The highest BCUT2D eigenvalue weighted by Gasteiger charge is 2.18. The molecule has 0 aliphatic carbocycles. The smallest absolute Gasteiger partial charge is 0.142 e. The number of thioether (sulfide) groups is 1. The Labute approximate surface area is 195 Å². The second kappa shape index (κ2) is 9.08. The van der Waals surface area contributed by atoms with Crippen LogP contribution in [0.25, 0.3) is 33.0 Å². The third kappa shape index (κ3) is 4.76. The molecule has 1 aromatic heterocycles. The molecule has 0 N–H and O–H groups in total. The summed E-state index contributed by atoms with van der Waals surface area (Å²) in [7, 11) is 0. The van der Waals surface area contributed by atoms with E-state index < -0.39 is 0 Å². The van der Waals surface area contributed by atoms with Gasteiger partial charge in [-0.25, -0.2) is 4.39 Å². The fraction of sp³-hybridized carbons (Fsp3) is 0.111. The first-order valence-electron chi connectivity index (χ1n) is 10.6. The maximum atomic E-state index is 13.9. The van der Waals surface area contributed by atoms with Gasteiger partial charge >= 0.3 is 0 Å². The molecule has 1 aliphatic rings.